The van der Waals surface area contributed by atoms with Crippen molar-refractivity contribution in [3.8, 4) is 0 Å². The van der Waals surface area contributed by atoms with E-state index in [1.54, 1.807) is 35.1 Å². The van der Waals surface area contributed by atoms with Crippen LogP contribution >= 0.6 is 22.7 Å². The fourth-order valence-electron chi connectivity index (χ4n) is 5.57. The summed E-state index contributed by atoms with van der Waals surface area (Å²) in [6, 6.07) is 0.230. The van der Waals surface area contributed by atoms with Gasteiger partial charge in [0.15, 0.2) is 11.4 Å². The Bertz CT molecular complexity index is 1800. The van der Waals surface area contributed by atoms with Crippen LogP contribution in [0.15, 0.2) is 95.9 Å². The van der Waals surface area contributed by atoms with Gasteiger partial charge in [0.05, 0.1) is 12.2 Å². The summed E-state index contributed by atoms with van der Waals surface area (Å²) in [5.41, 5.74) is -1.12. The normalized spacial score (nSPS) is 28.4. The van der Waals surface area contributed by atoms with Crippen LogP contribution in [0.4, 0.5) is 0 Å². The molecular formula is C42H54N4O6S2. The lowest BCUT2D eigenvalue weighted by atomic mass is 9.79. The molecule has 4 N–H and O–H groups in total. The van der Waals surface area contributed by atoms with Gasteiger partial charge >= 0.3 is 11.9 Å². The van der Waals surface area contributed by atoms with Crippen molar-refractivity contribution < 1.29 is 29.3 Å². The van der Waals surface area contributed by atoms with E-state index in [1.807, 2.05) is 122 Å². The Morgan fingerprint density at radius 3 is 1.76 bits per heavy atom. The van der Waals surface area contributed by atoms with Crippen LogP contribution in [-0.2, 0) is 9.47 Å². The summed E-state index contributed by atoms with van der Waals surface area (Å²) >= 11 is 2.68. The van der Waals surface area contributed by atoms with E-state index >= 15 is 0 Å². The predicted octanol–water partition coefficient (Wildman–Crippen LogP) is 7.60. The van der Waals surface area contributed by atoms with Gasteiger partial charge in [0.25, 0.3) is 0 Å². The molecule has 2 aliphatic heterocycles. The molecule has 4 rings (SSSR count). The molecule has 1 saturated heterocycles. The Morgan fingerprint density at radius 2 is 1.24 bits per heavy atom. The topological polar surface area (TPSA) is 153 Å². The lowest BCUT2D eigenvalue weighted by molar-refractivity contribution is -0.0461. The molecule has 2 aliphatic rings. The van der Waals surface area contributed by atoms with Gasteiger partial charge in [0, 0.05) is 52.6 Å². The van der Waals surface area contributed by atoms with Crippen LogP contribution in [0, 0.1) is 10.8 Å². The number of thiazole rings is 2. The van der Waals surface area contributed by atoms with Crippen molar-refractivity contribution in [1.29, 1.82) is 0 Å². The van der Waals surface area contributed by atoms with Gasteiger partial charge in [-0.1, -0.05) is 107 Å². The van der Waals surface area contributed by atoms with Crippen molar-refractivity contribution in [3.63, 3.8) is 0 Å². The first kappa shape index (κ1) is 42.5. The van der Waals surface area contributed by atoms with Gasteiger partial charge in [-0.15, -0.1) is 22.7 Å². The van der Waals surface area contributed by atoms with E-state index in [0.717, 1.165) is 0 Å². The van der Waals surface area contributed by atoms with E-state index in [1.165, 1.54) is 22.7 Å². The van der Waals surface area contributed by atoms with Crippen molar-refractivity contribution >= 4 is 46.8 Å². The van der Waals surface area contributed by atoms with Crippen molar-refractivity contribution in [1.82, 2.24) is 20.6 Å². The van der Waals surface area contributed by atoms with Gasteiger partial charge in [0.1, 0.15) is 22.2 Å². The number of fused-ring (bicyclic) bond motifs is 5. The van der Waals surface area contributed by atoms with Crippen LogP contribution in [0.5, 0.6) is 0 Å². The summed E-state index contributed by atoms with van der Waals surface area (Å²) in [7, 11) is 0. The minimum atomic E-state index is -0.833. The minimum Gasteiger partial charge on any atom is -0.457 e. The average Bonchev–Trinajstić information content (AvgIpc) is 3.46. The largest absolute Gasteiger partial charge is 0.457 e. The van der Waals surface area contributed by atoms with Crippen LogP contribution in [0.1, 0.15) is 92.3 Å². The summed E-state index contributed by atoms with van der Waals surface area (Å²) in [6.45, 7) is 13.2. The lowest BCUT2D eigenvalue weighted by Gasteiger charge is -2.36. The molecule has 4 heterocycles. The van der Waals surface area contributed by atoms with Gasteiger partial charge in [-0.3, -0.25) is 0 Å². The Morgan fingerprint density at radius 1 is 0.759 bits per heavy atom. The summed E-state index contributed by atoms with van der Waals surface area (Å²) in [5.74, 6) is -1.08. The number of esters is 2. The zero-order valence-corrected chi connectivity index (χ0v) is 33.7. The van der Waals surface area contributed by atoms with Gasteiger partial charge < -0.3 is 30.3 Å². The van der Waals surface area contributed by atoms with Crippen LogP contribution < -0.4 is 10.6 Å². The molecule has 290 valence electrons. The number of nitrogens with zero attached hydrogens (tertiary/aromatic N) is 2. The number of rotatable bonds is 6. The number of nitrogens with one attached hydrogen (secondary N) is 2. The van der Waals surface area contributed by atoms with Gasteiger partial charge in [-0.05, 0) is 39.1 Å². The van der Waals surface area contributed by atoms with Gasteiger partial charge in [-0.25, -0.2) is 19.6 Å². The monoisotopic (exact) mass is 774 g/mol. The molecule has 2 aromatic heterocycles. The summed E-state index contributed by atoms with van der Waals surface area (Å²) < 4.78 is 12.0. The van der Waals surface area contributed by atoms with Crippen LogP contribution in [0.3, 0.4) is 0 Å². The zero-order chi connectivity index (χ0) is 39.3. The van der Waals surface area contributed by atoms with Crippen molar-refractivity contribution in [2.24, 2.45) is 10.8 Å². The molecule has 4 bridgehead atoms. The molecule has 7 atom stereocenters. The highest BCUT2D eigenvalue weighted by atomic mass is 32.1. The Balaban J connectivity index is 1.56. The maximum atomic E-state index is 13.3. The average molecular weight is 775 g/mol. The molecular weight excluding hydrogens is 721 g/mol. The molecule has 2 aromatic rings. The van der Waals surface area contributed by atoms with Crippen molar-refractivity contribution in [3.05, 3.63) is 117 Å². The van der Waals surface area contributed by atoms with E-state index in [4.69, 9.17) is 9.47 Å². The molecule has 0 saturated carbocycles. The summed E-state index contributed by atoms with van der Waals surface area (Å²) in [6.07, 6.45) is 27.8. The number of aliphatic hydroxyl groups is 2. The lowest BCUT2D eigenvalue weighted by Crippen LogP contribution is -2.42. The Kier molecular flexibility index (Phi) is 15.7. The number of carbonyl (C=O) groups excluding carboxylic acids is 2. The second-order valence-electron chi connectivity index (χ2n) is 14.5. The van der Waals surface area contributed by atoms with Crippen molar-refractivity contribution in [2.45, 2.75) is 104 Å². The first-order valence-electron chi connectivity index (χ1n) is 18.2. The minimum absolute atomic E-state index is 0.0270. The molecule has 0 unspecified atom stereocenters. The quantitative estimate of drug-likeness (QED) is 0.131. The summed E-state index contributed by atoms with van der Waals surface area (Å²) in [5, 5.41) is 33.2. The third kappa shape index (κ3) is 12.2. The molecule has 0 aliphatic carbocycles. The van der Waals surface area contributed by atoms with E-state index in [2.05, 4.69) is 20.6 Å². The molecule has 54 heavy (non-hydrogen) atoms. The SMILES string of the molecule is C/C=C/[C@H](O)C(C)(C)[C@@H]1C/C=C\[C@H]2N[C@H]2/C=C/C=C\c2nc(cs2)C(=O)O[C@H](C(C)(C)[C@@H](O)/C=C/C)C/C=C\N[C@H](C)/C=C/C=C\c2nc(cs2)C(=O)O1. The van der Waals surface area contributed by atoms with E-state index in [0.29, 0.717) is 22.9 Å². The number of allylic oxidation sites excluding steroid dienone is 6. The third-order valence-corrected chi connectivity index (χ3v) is 11.1. The third-order valence-electron chi connectivity index (χ3n) is 9.50. The molecule has 12 heteroatoms. The maximum absolute atomic E-state index is 13.3. The first-order chi connectivity index (χ1) is 25.8. The van der Waals surface area contributed by atoms with Crippen LogP contribution in [0.25, 0.3) is 12.2 Å². The molecule has 10 nitrogen and oxygen atoms in total. The number of cyclic esters (lactones) is 2. The fraction of sp³-hybridized carbons (Fsp3) is 0.429. The number of carbonyl (C=O) groups is 2. The smallest absolute Gasteiger partial charge is 0.358 e. The van der Waals surface area contributed by atoms with E-state index in [9.17, 15) is 19.8 Å². The standard InChI is InChI=1S/C42H54N4O6S2/c1-8-16-33(47)41(4,5)35-21-14-20-30-29(44-30)19-11-13-24-38-46-32(27-54-38)40(50)52-36(42(6,7)34(48)17-9-2)22-15-25-43-28(3)18-10-12-23-37-45-31(26-53-37)39(49)51-35/h8-20,23-30,33-36,43-44,47-48H,21-22H2,1-7H3/b16-8+,17-9+,18-10+,19-11+,20-14-,23-12-,24-13-,25-15-/t28-,29+,30-,33+,34+,35+,36+/m1/s1. The fourth-order valence-corrected chi connectivity index (χ4v) is 6.95. The molecule has 0 amide bonds. The highest BCUT2D eigenvalue weighted by Gasteiger charge is 2.39. The van der Waals surface area contributed by atoms with E-state index < -0.39 is 47.2 Å². The van der Waals surface area contributed by atoms with Crippen molar-refractivity contribution in [2.75, 3.05) is 0 Å². The van der Waals surface area contributed by atoms with Gasteiger partial charge in [-0.2, -0.15) is 0 Å². The number of aromatic nitrogens is 2. The molecule has 0 spiro atoms. The molecule has 0 aromatic carbocycles. The molecule has 1 fully saturated rings. The second kappa shape index (κ2) is 19.9. The highest BCUT2D eigenvalue weighted by Crippen LogP contribution is 2.34. The Labute approximate surface area is 327 Å². The Hall–Kier alpha value is -4.20. The second-order valence-corrected chi connectivity index (χ2v) is 16.3. The molecule has 0 radical (unpaired) electrons. The highest BCUT2D eigenvalue weighted by molar-refractivity contribution is 7.11. The van der Waals surface area contributed by atoms with E-state index in [-0.39, 0.29) is 29.5 Å². The zero-order valence-electron chi connectivity index (χ0n) is 32.1. The first-order valence-corrected chi connectivity index (χ1v) is 20.0. The van der Waals surface area contributed by atoms with Crippen LogP contribution in [0.2, 0.25) is 0 Å². The predicted molar refractivity (Wildman–Crippen MR) is 219 cm³/mol. The maximum Gasteiger partial charge on any atom is 0.358 e. The summed E-state index contributed by atoms with van der Waals surface area (Å²) in [4.78, 5) is 35.6. The number of hydrogen-bond donors (Lipinski definition) is 4. The number of ether oxygens (including phenoxy) is 2. The van der Waals surface area contributed by atoms with Gasteiger partial charge in [0.2, 0.25) is 0 Å². The number of hydrogen-bond acceptors (Lipinski definition) is 12. The van der Waals surface area contributed by atoms with Crippen LogP contribution in [-0.4, -0.2) is 74.7 Å². The number of aliphatic hydroxyl groups excluding tert-OH is 2.